The number of ether oxygens (including phenoxy) is 1. The van der Waals surface area contributed by atoms with Crippen molar-refractivity contribution in [2.75, 3.05) is 54.2 Å². The summed E-state index contributed by atoms with van der Waals surface area (Å²) >= 11 is 0. The molecule has 5 rings (SSSR count). The zero-order valence-corrected chi connectivity index (χ0v) is 20.4. The van der Waals surface area contributed by atoms with Gasteiger partial charge in [0.05, 0.1) is 42.1 Å². The van der Waals surface area contributed by atoms with Crippen molar-refractivity contribution < 1.29 is 27.5 Å². The Labute approximate surface area is 216 Å². The van der Waals surface area contributed by atoms with Gasteiger partial charge in [-0.15, -0.1) is 0 Å². The highest BCUT2D eigenvalue weighted by Gasteiger charge is 2.35. The SMILES string of the molecule is CNC(=O)c1cc(N2CCOCC2)ccc1Nc1cc(Nc2ccc3c(c2)CC(=O)N3)ncc1C(F)(F)F. The number of anilines is 6. The first kappa shape index (κ1) is 25.3. The predicted octanol–water partition coefficient (Wildman–Crippen LogP) is 4.28. The van der Waals surface area contributed by atoms with Crippen LogP contribution in [0.15, 0.2) is 48.7 Å². The Balaban J connectivity index is 1.47. The quantitative estimate of drug-likeness (QED) is 0.380. The number of benzene rings is 2. The van der Waals surface area contributed by atoms with E-state index in [0.717, 1.165) is 17.4 Å². The Morgan fingerprint density at radius 3 is 2.58 bits per heavy atom. The number of hydrogen-bond donors (Lipinski definition) is 4. The van der Waals surface area contributed by atoms with Gasteiger partial charge in [0, 0.05) is 49.5 Å². The summed E-state index contributed by atoms with van der Waals surface area (Å²) in [6.45, 7) is 2.39. The summed E-state index contributed by atoms with van der Waals surface area (Å²) in [7, 11) is 1.46. The lowest BCUT2D eigenvalue weighted by molar-refractivity contribution is -0.137. The number of aromatic nitrogens is 1. The number of halogens is 3. The summed E-state index contributed by atoms with van der Waals surface area (Å²) in [5.41, 5.74) is 1.99. The smallest absolute Gasteiger partial charge is 0.378 e. The van der Waals surface area contributed by atoms with Crippen LogP contribution in [0.3, 0.4) is 0 Å². The van der Waals surface area contributed by atoms with Crippen LogP contribution in [0, 0.1) is 0 Å². The summed E-state index contributed by atoms with van der Waals surface area (Å²) in [5.74, 6) is -0.406. The molecule has 12 heteroatoms. The normalized spacial score (nSPS) is 15.1. The van der Waals surface area contributed by atoms with E-state index >= 15 is 0 Å². The van der Waals surface area contributed by atoms with Gasteiger partial charge >= 0.3 is 6.18 Å². The van der Waals surface area contributed by atoms with Gasteiger partial charge in [-0.1, -0.05) is 0 Å². The van der Waals surface area contributed by atoms with E-state index in [9.17, 15) is 22.8 Å². The maximum atomic E-state index is 13.9. The molecule has 3 aromatic rings. The van der Waals surface area contributed by atoms with E-state index in [1.807, 2.05) is 0 Å². The average molecular weight is 527 g/mol. The Hall–Kier alpha value is -4.32. The standard InChI is InChI=1S/C26H25F3N6O3/c1-30-25(37)18-12-17(35-6-8-38-9-7-35)3-5-21(18)33-22-13-23(31-14-19(22)26(27,28)29)32-16-2-4-20-15(10-16)11-24(36)34-20/h2-5,10,12-14H,6-9,11H2,1H3,(H,30,37)(H,34,36)(H2,31,32,33). The molecule has 0 bridgehead atoms. The van der Waals surface area contributed by atoms with Crippen LogP contribution in [0.2, 0.25) is 0 Å². The fraction of sp³-hybridized carbons (Fsp3) is 0.269. The Morgan fingerprint density at radius 1 is 1.05 bits per heavy atom. The average Bonchev–Trinajstić information content (AvgIpc) is 3.27. The fourth-order valence-corrected chi connectivity index (χ4v) is 4.44. The molecule has 3 heterocycles. The maximum absolute atomic E-state index is 13.9. The number of carbonyl (C=O) groups is 2. The zero-order chi connectivity index (χ0) is 26.9. The Morgan fingerprint density at radius 2 is 1.84 bits per heavy atom. The first-order valence-electron chi connectivity index (χ1n) is 11.9. The summed E-state index contributed by atoms with van der Waals surface area (Å²) in [4.78, 5) is 30.3. The minimum absolute atomic E-state index is 0.122. The van der Waals surface area contributed by atoms with E-state index < -0.39 is 17.6 Å². The van der Waals surface area contributed by atoms with E-state index in [2.05, 4.69) is 31.2 Å². The van der Waals surface area contributed by atoms with E-state index in [0.29, 0.717) is 37.7 Å². The minimum atomic E-state index is -4.69. The van der Waals surface area contributed by atoms with Crippen LogP contribution in [-0.2, 0) is 22.1 Å². The van der Waals surface area contributed by atoms with E-state index in [-0.39, 0.29) is 35.1 Å². The van der Waals surface area contributed by atoms with E-state index in [1.54, 1.807) is 36.4 Å². The molecule has 1 saturated heterocycles. The first-order chi connectivity index (χ1) is 18.2. The van der Waals surface area contributed by atoms with Gasteiger partial charge in [-0.25, -0.2) is 4.98 Å². The Kier molecular flexibility index (Phi) is 6.81. The minimum Gasteiger partial charge on any atom is -0.378 e. The van der Waals surface area contributed by atoms with Gasteiger partial charge < -0.3 is 30.9 Å². The molecule has 1 fully saturated rings. The number of pyridine rings is 1. The number of hydrogen-bond acceptors (Lipinski definition) is 7. The van der Waals surface area contributed by atoms with Gasteiger partial charge in [-0.05, 0) is 42.0 Å². The van der Waals surface area contributed by atoms with Crippen LogP contribution in [0.25, 0.3) is 0 Å². The molecule has 2 aliphatic heterocycles. The second-order valence-electron chi connectivity index (χ2n) is 8.87. The largest absolute Gasteiger partial charge is 0.419 e. The third-order valence-electron chi connectivity index (χ3n) is 6.33. The van der Waals surface area contributed by atoms with Gasteiger partial charge in [0.15, 0.2) is 0 Å². The molecular formula is C26H25F3N6O3. The number of amides is 2. The van der Waals surface area contributed by atoms with Crippen LogP contribution in [-0.4, -0.2) is 50.1 Å². The second kappa shape index (κ2) is 10.2. The number of rotatable bonds is 6. The van der Waals surface area contributed by atoms with E-state index in [4.69, 9.17) is 4.74 Å². The third kappa shape index (κ3) is 5.35. The number of alkyl halides is 3. The lowest BCUT2D eigenvalue weighted by Crippen LogP contribution is -2.36. The van der Waals surface area contributed by atoms with Crippen molar-refractivity contribution in [2.45, 2.75) is 12.6 Å². The molecule has 4 N–H and O–H groups in total. The Bertz CT molecular complexity index is 1390. The van der Waals surface area contributed by atoms with Gasteiger partial charge in [-0.3, -0.25) is 9.59 Å². The molecule has 0 saturated carbocycles. The highest BCUT2D eigenvalue weighted by molar-refractivity contribution is 6.01. The van der Waals surface area contributed by atoms with Gasteiger partial charge in [0.2, 0.25) is 5.91 Å². The summed E-state index contributed by atoms with van der Waals surface area (Å²) in [6.07, 6.45) is -3.72. The van der Waals surface area contributed by atoms with Crippen LogP contribution in [0.1, 0.15) is 21.5 Å². The van der Waals surface area contributed by atoms with Crippen LogP contribution in [0.5, 0.6) is 0 Å². The summed E-state index contributed by atoms with van der Waals surface area (Å²) < 4.78 is 47.1. The van der Waals surface area contributed by atoms with Crippen molar-refractivity contribution >= 4 is 46.1 Å². The molecular weight excluding hydrogens is 501 g/mol. The molecule has 0 spiro atoms. The molecule has 1 aromatic heterocycles. The number of nitrogens with zero attached hydrogens (tertiary/aromatic N) is 2. The third-order valence-corrected chi connectivity index (χ3v) is 6.33. The van der Waals surface area contributed by atoms with Crippen molar-refractivity contribution in [1.29, 1.82) is 0 Å². The van der Waals surface area contributed by atoms with Crippen LogP contribution in [0.4, 0.5) is 47.4 Å². The molecule has 198 valence electrons. The van der Waals surface area contributed by atoms with Crippen molar-refractivity contribution in [3.05, 3.63) is 65.4 Å². The van der Waals surface area contributed by atoms with Crippen LogP contribution >= 0.6 is 0 Å². The molecule has 0 aliphatic carbocycles. The van der Waals surface area contributed by atoms with Crippen LogP contribution < -0.4 is 26.2 Å². The maximum Gasteiger partial charge on any atom is 0.419 e. The molecule has 2 amide bonds. The molecule has 9 nitrogen and oxygen atoms in total. The van der Waals surface area contributed by atoms with Gasteiger partial charge in [0.25, 0.3) is 5.91 Å². The molecule has 2 aliphatic rings. The van der Waals surface area contributed by atoms with E-state index in [1.165, 1.54) is 13.1 Å². The lowest BCUT2D eigenvalue weighted by atomic mass is 10.1. The predicted molar refractivity (Wildman–Crippen MR) is 137 cm³/mol. The number of nitrogens with one attached hydrogen (secondary N) is 4. The van der Waals surface area contributed by atoms with Crippen molar-refractivity contribution in [3.63, 3.8) is 0 Å². The fourth-order valence-electron chi connectivity index (χ4n) is 4.44. The first-order valence-corrected chi connectivity index (χ1v) is 11.9. The molecule has 0 atom stereocenters. The monoisotopic (exact) mass is 526 g/mol. The molecule has 2 aromatic carbocycles. The van der Waals surface area contributed by atoms with Crippen molar-refractivity contribution in [1.82, 2.24) is 10.3 Å². The highest BCUT2D eigenvalue weighted by Crippen LogP contribution is 2.38. The number of fused-ring (bicyclic) bond motifs is 1. The lowest BCUT2D eigenvalue weighted by Gasteiger charge is -2.29. The van der Waals surface area contributed by atoms with Gasteiger partial charge in [0.1, 0.15) is 5.82 Å². The van der Waals surface area contributed by atoms with Gasteiger partial charge in [-0.2, -0.15) is 13.2 Å². The summed E-state index contributed by atoms with van der Waals surface area (Å²) in [5, 5.41) is 11.1. The molecule has 0 unspecified atom stereocenters. The van der Waals surface area contributed by atoms with Crippen molar-refractivity contribution in [2.24, 2.45) is 0 Å². The number of carbonyl (C=O) groups excluding carboxylic acids is 2. The number of morpholine rings is 1. The van der Waals surface area contributed by atoms with Crippen molar-refractivity contribution in [3.8, 4) is 0 Å². The second-order valence-corrected chi connectivity index (χ2v) is 8.87. The molecule has 38 heavy (non-hydrogen) atoms. The highest BCUT2D eigenvalue weighted by atomic mass is 19.4. The molecule has 0 radical (unpaired) electrons. The topological polar surface area (TPSA) is 108 Å². The summed E-state index contributed by atoms with van der Waals surface area (Å²) in [6, 6.07) is 11.4. The zero-order valence-electron chi connectivity index (χ0n) is 20.4.